The second-order valence-electron chi connectivity index (χ2n) is 4.51. The Morgan fingerprint density at radius 2 is 2.15 bits per heavy atom. The molecule has 0 saturated heterocycles. The van der Waals surface area contributed by atoms with Crippen molar-refractivity contribution < 1.29 is 4.74 Å². The zero-order valence-electron chi connectivity index (χ0n) is 10.9. The Bertz CT molecular complexity index is 770. The van der Waals surface area contributed by atoms with Gasteiger partial charge in [0.1, 0.15) is 12.4 Å². The van der Waals surface area contributed by atoms with Crippen LogP contribution in [0.3, 0.4) is 0 Å². The van der Waals surface area contributed by atoms with Crippen LogP contribution in [0.1, 0.15) is 10.6 Å². The number of halogens is 1. The largest absolute Gasteiger partial charge is 0.487 e. The molecule has 20 heavy (non-hydrogen) atoms. The van der Waals surface area contributed by atoms with E-state index in [1.165, 1.54) is 0 Å². The van der Waals surface area contributed by atoms with Crippen molar-refractivity contribution in [2.75, 3.05) is 5.73 Å². The Labute approximate surface area is 129 Å². The third kappa shape index (κ3) is 2.78. The fourth-order valence-electron chi connectivity index (χ4n) is 2.00. The van der Waals surface area contributed by atoms with Gasteiger partial charge in [-0.25, -0.2) is 4.98 Å². The lowest BCUT2D eigenvalue weighted by Crippen LogP contribution is -1.98. The third-order valence-electron chi connectivity index (χ3n) is 2.91. The zero-order valence-corrected chi connectivity index (χ0v) is 13.3. The molecule has 1 heterocycles. The van der Waals surface area contributed by atoms with Gasteiger partial charge in [0.2, 0.25) is 0 Å². The Kier molecular flexibility index (Phi) is 3.63. The number of aromatic nitrogens is 1. The maximum Gasteiger partial charge on any atom is 0.144 e. The van der Waals surface area contributed by atoms with Crippen molar-refractivity contribution in [3.63, 3.8) is 0 Å². The van der Waals surface area contributed by atoms with Gasteiger partial charge in [0.05, 0.1) is 20.9 Å². The van der Waals surface area contributed by atoms with E-state index < -0.39 is 0 Å². The van der Waals surface area contributed by atoms with E-state index in [0.717, 1.165) is 25.3 Å². The van der Waals surface area contributed by atoms with Crippen molar-refractivity contribution in [3.05, 3.63) is 51.4 Å². The number of rotatable bonds is 3. The molecule has 0 amide bonds. The molecular weight excluding hydrogens is 336 g/mol. The molecule has 0 fully saturated rings. The summed E-state index contributed by atoms with van der Waals surface area (Å²) in [6.45, 7) is 2.47. The highest BCUT2D eigenvalue weighted by atomic mass is 79.9. The van der Waals surface area contributed by atoms with Gasteiger partial charge in [0.25, 0.3) is 0 Å². The number of aryl methyl sites for hydroxylation is 1. The van der Waals surface area contributed by atoms with Gasteiger partial charge in [-0.3, -0.25) is 0 Å². The molecule has 0 aliphatic carbocycles. The first-order valence-corrected chi connectivity index (χ1v) is 7.77. The number of benzene rings is 2. The first-order chi connectivity index (χ1) is 9.61. The van der Waals surface area contributed by atoms with Crippen LogP contribution in [0, 0.1) is 6.92 Å². The van der Waals surface area contributed by atoms with E-state index >= 15 is 0 Å². The molecule has 3 rings (SSSR count). The van der Waals surface area contributed by atoms with Crippen LogP contribution in [0.4, 0.5) is 5.69 Å². The van der Waals surface area contributed by atoms with Gasteiger partial charge in [-0.05, 0) is 30.7 Å². The van der Waals surface area contributed by atoms with E-state index in [1.807, 2.05) is 43.3 Å². The van der Waals surface area contributed by atoms with Gasteiger partial charge in [-0.2, -0.15) is 0 Å². The van der Waals surface area contributed by atoms with Gasteiger partial charge in [0.15, 0.2) is 0 Å². The quantitative estimate of drug-likeness (QED) is 0.707. The fourth-order valence-corrected chi connectivity index (χ4v) is 3.30. The number of nitrogen functional groups attached to an aromatic ring is 1. The van der Waals surface area contributed by atoms with Crippen LogP contribution >= 0.6 is 27.3 Å². The molecule has 5 heteroatoms. The molecule has 2 aromatic carbocycles. The average molecular weight is 349 g/mol. The van der Waals surface area contributed by atoms with E-state index in [4.69, 9.17) is 10.5 Å². The molecule has 0 aliphatic rings. The van der Waals surface area contributed by atoms with E-state index in [-0.39, 0.29) is 0 Å². The standard InChI is InChI=1S/C15H13BrN2OS/c1-9-18-13-7-14(12(17)6-15(13)20-9)19-8-10-3-2-4-11(16)5-10/h2-7H,8,17H2,1H3. The summed E-state index contributed by atoms with van der Waals surface area (Å²) in [6.07, 6.45) is 0. The Hall–Kier alpha value is -1.59. The van der Waals surface area contributed by atoms with Gasteiger partial charge in [0, 0.05) is 10.5 Å². The lowest BCUT2D eigenvalue weighted by Gasteiger charge is -2.09. The van der Waals surface area contributed by atoms with Crippen LogP contribution in [0.25, 0.3) is 10.2 Å². The predicted molar refractivity (Wildman–Crippen MR) is 87.2 cm³/mol. The molecule has 0 bridgehead atoms. The number of hydrogen-bond donors (Lipinski definition) is 1. The molecular formula is C15H13BrN2OS. The van der Waals surface area contributed by atoms with Gasteiger partial charge in [-0.15, -0.1) is 11.3 Å². The summed E-state index contributed by atoms with van der Waals surface area (Å²) >= 11 is 5.09. The second-order valence-corrected chi connectivity index (χ2v) is 6.66. The number of hydrogen-bond acceptors (Lipinski definition) is 4. The predicted octanol–water partition coefficient (Wildman–Crippen LogP) is 4.53. The van der Waals surface area contributed by atoms with Crippen molar-refractivity contribution >= 4 is 43.2 Å². The highest BCUT2D eigenvalue weighted by Crippen LogP contribution is 2.31. The molecule has 0 atom stereocenters. The highest BCUT2D eigenvalue weighted by Gasteiger charge is 2.07. The van der Waals surface area contributed by atoms with Crippen molar-refractivity contribution in [2.45, 2.75) is 13.5 Å². The van der Waals surface area contributed by atoms with E-state index in [2.05, 4.69) is 20.9 Å². The molecule has 0 spiro atoms. The topological polar surface area (TPSA) is 48.1 Å². The van der Waals surface area contributed by atoms with Crippen molar-refractivity contribution in [2.24, 2.45) is 0 Å². The maximum absolute atomic E-state index is 6.03. The lowest BCUT2D eigenvalue weighted by molar-refractivity contribution is 0.308. The van der Waals surface area contributed by atoms with Crippen LogP contribution in [-0.2, 0) is 6.61 Å². The minimum Gasteiger partial charge on any atom is -0.487 e. The number of nitrogens with two attached hydrogens (primary N) is 1. The number of fused-ring (bicyclic) bond motifs is 1. The van der Waals surface area contributed by atoms with Crippen molar-refractivity contribution in [3.8, 4) is 5.75 Å². The maximum atomic E-state index is 6.03. The summed E-state index contributed by atoms with van der Waals surface area (Å²) in [7, 11) is 0. The van der Waals surface area contributed by atoms with Gasteiger partial charge < -0.3 is 10.5 Å². The van der Waals surface area contributed by atoms with Gasteiger partial charge >= 0.3 is 0 Å². The van der Waals surface area contributed by atoms with E-state index in [9.17, 15) is 0 Å². The summed E-state index contributed by atoms with van der Waals surface area (Å²) in [6, 6.07) is 11.9. The van der Waals surface area contributed by atoms with Crippen LogP contribution in [0.2, 0.25) is 0 Å². The number of anilines is 1. The van der Waals surface area contributed by atoms with Crippen molar-refractivity contribution in [1.29, 1.82) is 0 Å². The Morgan fingerprint density at radius 1 is 1.30 bits per heavy atom. The highest BCUT2D eigenvalue weighted by molar-refractivity contribution is 9.10. The number of nitrogens with zero attached hydrogens (tertiary/aromatic N) is 1. The Balaban J connectivity index is 1.85. The number of thiazole rings is 1. The lowest BCUT2D eigenvalue weighted by atomic mass is 10.2. The minimum atomic E-state index is 0.484. The summed E-state index contributed by atoms with van der Waals surface area (Å²) in [4.78, 5) is 4.46. The third-order valence-corrected chi connectivity index (χ3v) is 4.34. The first kappa shape index (κ1) is 13.4. The molecule has 0 unspecified atom stereocenters. The average Bonchev–Trinajstić information content (AvgIpc) is 2.75. The normalized spacial score (nSPS) is 10.9. The SMILES string of the molecule is Cc1nc2cc(OCc3cccc(Br)c3)c(N)cc2s1. The number of ether oxygens (including phenoxy) is 1. The Morgan fingerprint density at radius 3 is 2.95 bits per heavy atom. The molecule has 0 radical (unpaired) electrons. The van der Waals surface area contributed by atoms with Crippen LogP contribution in [0.15, 0.2) is 40.9 Å². The van der Waals surface area contributed by atoms with Crippen molar-refractivity contribution in [1.82, 2.24) is 4.98 Å². The minimum absolute atomic E-state index is 0.484. The molecule has 2 N–H and O–H groups in total. The second kappa shape index (κ2) is 5.42. The molecule has 3 aromatic rings. The van der Waals surface area contributed by atoms with E-state index in [0.29, 0.717) is 18.0 Å². The summed E-state index contributed by atoms with van der Waals surface area (Å²) in [5.41, 5.74) is 8.71. The molecule has 0 saturated carbocycles. The zero-order chi connectivity index (χ0) is 14.1. The summed E-state index contributed by atoms with van der Waals surface area (Å²) < 4.78 is 7.95. The summed E-state index contributed by atoms with van der Waals surface area (Å²) in [5, 5.41) is 1.03. The molecule has 3 nitrogen and oxygen atoms in total. The summed E-state index contributed by atoms with van der Waals surface area (Å²) in [5.74, 6) is 0.683. The van der Waals surface area contributed by atoms with Crippen LogP contribution in [0.5, 0.6) is 5.75 Å². The fraction of sp³-hybridized carbons (Fsp3) is 0.133. The molecule has 0 aliphatic heterocycles. The van der Waals surface area contributed by atoms with E-state index in [1.54, 1.807) is 11.3 Å². The van der Waals surface area contributed by atoms with Crippen LogP contribution < -0.4 is 10.5 Å². The monoisotopic (exact) mass is 348 g/mol. The first-order valence-electron chi connectivity index (χ1n) is 6.16. The molecule has 102 valence electrons. The van der Waals surface area contributed by atoms with Gasteiger partial charge in [-0.1, -0.05) is 28.1 Å². The van der Waals surface area contributed by atoms with Crippen LogP contribution in [-0.4, -0.2) is 4.98 Å². The molecule has 1 aromatic heterocycles. The smallest absolute Gasteiger partial charge is 0.144 e.